The normalized spacial score (nSPS) is 15.2. The van der Waals surface area contributed by atoms with Gasteiger partial charge in [0.15, 0.2) is 5.76 Å². The monoisotopic (exact) mass is 359 g/mol. The van der Waals surface area contributed by atoms with Gasteiger partial charge in [-0.3, -0.25) is 4.79 Å². The molecule has 2 N–H and O–H groups in total. The Morgan fingerprint density at radius 1 is 1.20 bits per heavy atom. The number of carbonyl (C=O) groups excluding carboxylic acids is 1. The lowest BCUT2D eigenvalue weighted by Gasteiger charge is -2.27. The van der Waals surface area contributed by atoms with E-state index in [1.54, 1.807) is 18.0 Å². The van der Waals surface area contributed by atoms with Gasteiger partial charge in [0.05, 0.1) is 6.26 Å². The zero-order chi connectivity index (χ0) is 17.3. The Morgan fingerprint density at radius 3 is 2.80 bits per heavy atom. The molecule has 5 nitrogen and oxygen atoms in total. The van der Waals surface area contributed by atoms with Crippen molar-refractivity contribution in [1.29, 1.82) is 0 Å². The topological polar surface area (TPSA) is 57.5 Å². The standard InChI is InChI=1S/C19H25N3O2S/c23-19(21-8-4-11-22-12-9-20-10-13-22)18-16(7-14-24-18)15-25-17-5-2-1-3-6-17/h1-3,5-7,14,20H,4,8-13,15H2,(H,21,23). The number of amides is 1. The molecule has 25 heavy (non-hydrogen) atoms. The van der Waals surface area contributed by atoms with Crippen molar-refractivity contribution in [3.8, 4) is 0 Å². The fourth-order valence-corrected chi connectivity index (χ4v) is 3.75. The fraction of sp³-hybridized carbons (Fsp3) is 0.421. The average molecular weight is 359 g/mol. The number of hydrogen-bond acceptors (Lipinski definition) is 5. The van der Waals surface area contributed by atoms with Crippen molar-refractivity contribution in [3.63, 3.8) is 0 Å². The van der Waals surface area contributed by atoms with Gasteiger partial charge >= 0.3 is 0 Å². The van der Waals surface area contributed by atoms with Gasteiger partial charge in [-0.05, 0) is 31.2 Å². The van der Waals surface area contributed by atoms with Gasteiger partial charge in [-0.25, -0.2) is 0 Å². The highest BCUT2D eigenvalue weighted by molar-refractivity contribution is 7.98. The van der Waals surface area contributed by atoms with Crippen LogP contribution < -0.4 is 10.6 Å². The molecule has 1 aromatic carbocycles. The van der Waals surface area contributed by atoms with Gasteiger partial charge in [0.25, 0.3) is 5.91 Å². The van der Waals surface area contributed by atoms with E-state index in [-0.39, 0.29) is 5.91 Å². The van der Waals surface area contributed by atoms with Crippen LogP contribution in [0.25, 0.3) is 0 Å². The van der Waals surface area contributed by atoms with Crippen LogP contribution in [0.1, 0.15) is 22.5 Å². The van der Waals surface area contributed by atoms with E-state index in [1.807, 2.05) is 24.3 Å². The summed E-state index contributed by atoms with van der Waals surface area (Å²) >= 11 is 1.70. The summed E-state index contributed by atoms with van der Waals surface area (Å²) in [6.07, 6.45) is 2.55. The molecular formula is C19H25N3O2S. The zero-order valence-corrected chi connectivity index (χ0v) is 15.2. The highest BCUT2D eigenvalue weighted by Gasteiger charge is 2.15. The predicted octanol–water partition coefficient (Wildman–Crippen LogP) is 2.60. The molecule has 0 unspecified atom stereocenters. The van der Waals surface area contributed by atoms with Gasteiger partial charge in [-0.15, -0.1) is 11.8 Å². The van der Waals surface area contributed by atoms with Crippen molar-refractivity contribution in [2.45, 2.75) is 17.1 Å². The highest BCUT2D eigenvalue weighted by atomic mass is 32.2. The summed E-state index contributed by atoms with van der Waals surface area (Å²) in [5.41, 5.74) is 0.938. The number of carbonyl (C=O) groups is 1. The number of furan rings is 1. The van der Waals surface area contributed by atoms with Gasteiger partial charge in [-0.1, -0.05) is 18.2 Å². The molecule has 0 saturated carbocycles. The first-order valence-electron chi connectivity index (χ1n) is 8.78. The lowest BCUT2D eigenvalue weighted by Crippen LogP contribution is -2.44. The van der Waals surface area contributed by atoms with Crippen molar-refractivity contribution >= 4 is 17.7 Å². The van der Waals surface area contributed by atoms with E-state index in [9.17, 15) is 4.79 Å². The number of piperazine rings is 1. The summed E-state index contributed by atoms with van der Waals surface area (Å²) in [6, 6.07) is 12.1. The third-order valence-electron chi connectivity index (χ3n) is 4.24. The number of benzene rings is 1. The molecule has 1 aromatic heterocycles. The Hall–Kier alpha value is -1.76. The first-order chi connectivity index (χ1) is 12.3. The van der Waals surface area contributed by atoms with Crippen molar-refractivity contribution in [2.75, 3.05) is 39.3 Å². The minimum Gasteiger partial charge on any atom is -0.459 e. The predicted molar refractivity (Wildman–Crippen MR) is 101 cm³/mol. The van der Waals surface area contributed by atoms with Gasteiger partial charge in [0.1, 0.15) is 0 Å². The summed E-state index contributed by atoms with van der Waals surface area (Å²) < 4.78 is 5.42. The van der Waals surface area contributed by atoms with E-state index in [0.29, 0.717) is 12.3 Å². The summed E-state index contributed by atoms with van der Waals surface area (Å²) in [5, 5.41) is 6.33. The second-order valence-electron chi connectivity index (χ2n) is 6.08. The van der Waals surface area contributed by atoms with E-state index < -0.39 is 0 Å². The molecule has 1 fully saturated rings. The maximum absolute atomic E-state index is 12.4. The number of nitrogens with one attached hydrogen (secondary N) is 2. The summed E-state index contributed by atoms with van der Waals surface area (Å²) in [4.78, 5) is 16.0. The minimum atomic E-state index is -0.117. The average Bonchev–Trinajstić information content (AvgIpc) is 3.14. The molecule has 134 valence electrons. The number of nitrogens with zero attached hydrogens (tertiary/aromatic N) is 1. The maximum atomic E-state index is 12.4. The van der Waals surface area contributed by atoms with Crippen molar-refractivity contribution < 1.29 is 9.21 Å². The molecule has 0 bridgehead atoms. The molecule has 1 aliphatic rings. The molecule has 2 heterocycles. The molecule has 1 amide bonds. The SMILES string of the molecule is O=C(NCCCN1CCNCC1)c1occc1CSc1ccccc1. The molecule has 0 aliphatic carbocycles. The largest absolute Gasteiger partial charge is 0.459 e. The van der Waals surface area contributed by atoms with Crippen LogP contribution in [0.15, 0.2) is 52.0 Å². The second-order valence-corrected chi connectivity index (χ2v) is 7.13. The quantitative estimate of drug-likeness (QED) is 0.560. The summed E-state index contributed by atoms with van der Waals surface area (Å²) in [5.74, 6) is 1.05. The Morgan fingerprint density at radius 2 is 2.00 bits per heavy atom. The van der Waals surface area contributed by atoms with Crippen molar-refractivity contribution in [1.82, 2.24) is 15.5 Å². The Balaban J connectivity index is 1.42. The van der Waals surface area contributed by atoms with E-state index >= 15 is 0 Å². The van der Waals surface area contributed by atoms with E-state index in [1.165, 1.54) is 4.90 Å². The molecule has 0 spiro atoms. The fourth-order valence-electron chi connectivity index (χ4n) is 2.85. The van der Waals surface area contributed by atoms with Crippen LogP contribution in [0.5, 0.6) is 0 Å². The molecular weight excluding hydrogens is 334 g/mol. The van der Waals surface area contributed by atoms with Gasteiger partial charge in [0.2, 0.25) is 0 Å². The van der Waals surface area contributed by atoms with Gasteiger partial charge in [-0.2, -0.15) is 0 Å². The minimum absolute atomic E-state index is 0.117. The molecule has 0 radical (unpaired) electrons. The third-order valence-corrected chi connectivity index (χ3v) is 5.30. The Kier molecular flexibility index (Phi) is 6.97. The lowest BCUT2D eigenvalue weighted by atomic mass is 10.2. The lowest BCUT2D eigenvalue weighted by molar-refractivity contribution is 0.0922. The van der Waals surface area contributed by atoms with Gasteiger partial charge < -0.3 is 20.0 Å². The van der Waals surface area contributed by atoms with Crippen LogP contribution in [-0.4, -0.2) is 50.1 Å². The maximum Gasteiger partial charge on any atom is 0.287 e. The molecule has 2 aromatic rings. The van der Waals surface area contributed by atoms with E-state index in [0.717, 1.165) is 50.5 Å². The van der Waals surface area contributed by atoms with E-state index in [2.05, 4.69) is 27.7 Å². The number of rotatable bonds is 8. The van der Waals surface area contributed by atoms with E-state index in [4.69, 9.17) is 4.42 Å². The first-order valence-corrected chi connectivity index (χ1v) is 9.77. The van der Waals surface area contributed by atoms with Crippen LogP contribution in [0.4, 0.5) is 0 Å². The Bertz CT molecular complexity index is 654. The van der Waals surface area contributed by atoms with Crippen LogP contribution in [0, 0.1) is 0 Å². The van der Waals surface area contributed by atoms with Crippen molar-refractivity contribution in [3.05, 3.63) is 54.0 Å². The number of hydrogen-bond donors (Lipinski definition) is 2. The molecule has 1 saturated heterocycles. The number of thioether (sulfide) groups is 1. The van der Waals surface area contributed by atoms with Crippen LogP contribution in [0.2, 0.25) is 0 Å². The smallest absolute Gasteiger partial charge is 0.287 e. The second kappa shape index (κ2) is 9.65. The Labute approximate surface area is 153 Å². The highest BCUT2D eigenvalue weighted by Crippen LogP contribution is 2.24. The molecule has 3 rings (SSSR count). The molecule has 0 atom stereocenters. The molecule has 1 aliphatic heterocycles. The summed E-state index contributed by atoms with van der Waals surface area (Å²) in [7, 11) is 0. The zero-order valence-electron chi connectivity index (χ0n) is 14.4. The first kappa shape index (κ1) is 18.0. The van der Waals surface area contributed by atoms with Crippen LogP contribution >= 0.6 is 11.8 Å². The van der Waals surface area contributed by atoms with Crippen LogP contribution in [-0.2, 0) is 5.75 Å². The molecule has 6 heteroatoms. The summed E-state index contributed by atoms with van der Waals surface area (Å²) in [6.45, 7) is 5.99. The van der Waals surface area contributed by atoms with Crippen LogP contribution in [0.3, 0.4) is 0 Å². The third kappa shape index (κ3) is 5.63. The van der Waals surface area contributed by atoms with Gasteiger partial charge in [0, 0.05) is 48.9 Å². The van der Waals surface area contributed by atoms with Crippen molar-refractivity contribution in [2.24, 2.45) is 0 Å².